The number of amides is 3. The van der Waals surface area contributed by atoms with Crippen LogP contribution in [0.25, 0.3) is 0 Å². The molecule has 1 aromatic carbocycles. The number of hydrogen-bond acceptors (Lipinski definition) is 5. The summed E-state index contributed by atoms with van der Waals surface area (Å²) in [5.41, 5.74) is 0.827. The average Bonchev–Trinajstić information content (AvgIpc) is 2.70. The number of nitrogens with one attached hydrogen (secondary N) is 3. The Morgan fingerprint density at radius 1 is 1.18 bits per heavy atom. The molecule has 1 unspecified atom stereocenters. The van der Waals surface area contributed by atoms with Crippen LogP contribution < -0.4 is 16.0 Å². The quantitative estimate of drug-likeness (QED) is 0.578. The van der Waals surface area contributed by atoms with E-state index in [1.165, 1.54) is 6.20 Å². The van der Waals surface area contributed by atoms with Crippen LogP contribution in [-0.2, 0) is 9.59 Å². The Bertz CT molecular complexity index is 820. The van der Waals surface area contributed by atoms with E-state index in [0.717, 1.165) is 0 Å². The molecule has 0 spiro atoms. The van der Waals surface area contributed by atoms with E-state index in [2.05, 4.69) is 20.9 Å². The van der Waals surface area contributed by atoms with Crippen LogP contribution in [0, 0.1) is 0 Å². The summed E-state index contributed by atoms with van der Waals surface area (Å²) in [6.07, 6.45) is 5.43. The van der Waals surface area contributed by atoms with Gasteiger partial charge in [0.15, 0.2) is 0 Å². The molecule has 0 saturated carbocycles. The second-order valence-corrected chi connectivity index (χ2v) is 7.19. The number of benzene rings is 1. The third-order valence-electron chi connectivity index (χ3n) is 3.72. The largest absolute Gasteiger partial charge is 0.345 e. The van der Waals surface area contributed by atoms with Crippen molar-refractivity contribution in [2.24, 2.45) is 0 Å². The van der Waals surface area contributed by atoms with E-state index in [-0.39, 0.29) is 12.5 Å². The van der Waals surface area contributed by atoms with E-state index in [1.807, 2.05) is 6.26 Å². The predicted octanol–water partition coefficient (Wildman–Crippen LogP) is 2.34. The lowest BCUT2D eigenvalue weighted by molar-refractivity contribution is -0.125. The van der Waals surface area contributed by atoms with Gasteiger partial charge >= 0.3 is 0 Å². The number of thioether (sulfide) groups is 1. The average molecular weight is 421 g/mol. The summed E-state index contributed by atoms with van der Waals surface area (Å²) in [6.45, 7) is -0.217. The summed E-state index contributed by atoms with van der Waals surface area (Å²) in [5, 5.41) is 8.18. The minimum Gasteiger partial charge on any atom is -0.345 e. The van der Waals surface area contributed by atoms with Crippen LogP contribution >= 0.6 is 23.4 Å². The van der Waals surface area contributed by atoms with Crippen LogP contribution in [0.3, 0.4) is 0 Å². The molecule has 0 aliphatic carbocycles. The molecule has 1 heterocycles. The van der Waals surface area contributed by atoms with Gasteiger partial charge in [-0.15, -0.1) is 0 Å². The second-order valence-electron chi connectivity index (χ2n) is 5.80. The fourth-order valence-electron chi connectivity index (χ4n) is 2.32. The van der Waals surface area contributed by atoms with E-state index >= 15 is 0 Å². The van der Waals surface area contributed by atoms with Crippen molar-refractivity contribution in [1.29, 1.82) is 0 Å². The lowest BCUT2D eigenvalue weighted by Gasteiger charge is -2.18. The van der Waals surface area contributed by atoms with Gasteiger partial charge in [0.05, 0.1) is 29.0 Å². The second kappa shape index (κ2) is 11.3. The van der Waals surface area contributed by atoms with Crippen molar-refractivity contribution in [3.05, 3.63) is 59.4 Å². The Kier molecular flexibility index (Phi) is 8.77. The molecular weight excluding hydrogens is 400 g/mol. The van der Waals surface area contributed by atoms with Crippen molar-refractivity contribution in [2.45, 2.75) is 12.5 Å². The van der Waals surface area contributed by atoms with Crippen molar-refractivity contribution in [3.63, 3.8) is 0 Å². The Labute approximate surface area is 172 Å². The van der Waals surface area contributed by atoms with Gasteiger partial charge in [-0.25, -0.2) is 0 Å². The summed E-state index contributed by atoms with van der Waals surface area (Å²) < 4.78 is 0. The van der Waals surface area contributed by atoms with E-state index in [1.54, 1.807) is 54.4 Å². The zero-order valence-corrected chi connectivity index (χ0v) is 16.8. The van der Waals surface area contributed by atoms with Gasteiger partial charge in [-0.1, -0.05) is 23.7 Å². The van der Waals surface area contributed by atoms with Crippen LogP contribution in [0.15, 0.2) is 48.8 Å². The molecule has 28 heavy (non-hydrogen) atoms. The SMILES string of the molecule is CSCCC(NC(=O)c1ccccc1Cl)C(=O)NCC(=O)Nc1cccnc1. The molecule has 3 N–H and O–H groups in total. The summed E-state index contributed by atoms with van der Waals surface area (Å²) in [6, 6.07) is 9.22. The topological polar surface area (TPSA) is 100 Å². The molecule has 2 rings (SSSR count). The number of pyridine rings is 1. The zero-order chi connectivity index (χ0) is 20.4. The van der Waals surface area contributed by atoms with Gasteiger partial charge in [-0.2, -0.15) is 11.8 Å². The Morgan fingerprint density at radius 2 is 1.96 bits per heavy atom. The number of anilines is 1. The number of aromatic nitrogens is 1. The molecule has 0 fully saturated rings. The van der Waals surface area contributed by atoms with Gasteiger partial charge in [0, 0.05) is 6.20 Å². The molecular formula is C19H21ClN4O3S. The smallest absolute Gasteiger partial charge is 0.253 e. The standard InChI is InChI=1S/C19H21ClN4O3S/c1-28-10-8-16(24-18(26)14-6-2-3-7-15(14)20)19(27)22-12-17(25)23-13-5-4-9-21-11-13/h2-7,9,11,16H,8,10,12H2,1H3,(H,22,27)(H,23,25)(H,24,26). The van der Waals surface area contributed by atoms with Crippen LogP contribution in [0.5, 0.6) is 0 Å². The van der Waals surface area contributed by atoms with E-state index in [0.29, 0.717) is 28.4 Å². The van der Waals surface area contributed by atoms with Gasteiger partial charge < -0.3 is 16.0 Å². The van der Waals surface area contributed by atoms with Gasteiger partial charge in [0.25, 0.3) is 5.91 Å². The number of rotatable bonds is 9. The van der Waals surface area contributed by atoms with Gasteiger partial charge in [0.2, 0.25) is 11.8 Å². The summed E-state index contributed by atoms with van der Waals surface area (Å²) >= 11 is 7.60. The molecule has 1 aromatic heterocycles. The molecule has 3 amide bonds. The summed E-state index contributed by atoms with van der Waals surface area (Å²) in [5.74, 6) is -0.590. The predicted molar refractivity (Wildman–Crippen MR) is 112 cm³/mol. The monoisotopic (exact) mass is 420 g/mol. The Hall–Kier alpha value is -2.58. The maximum atomic E-state index is 12.5. The summed E-state index contributed by atoms with van der Waals surface area (Å²) in [7, 11) is 0. The molecule has 148 valence electrons. The summed E-state index contributed by atoms with van der Waals surface area (Å²) in [4.78, 5) is 40.8. The van der Waals surface area contributed by atoms with Gasteiger partial charge in [-0.05, 0) is 42.7 Å². The third-order valence-corrected chi connectivity index (χ3v) is 4.69. The normalized spacial score (nSPS) is 11.4. The first-order valence-electron chi connectivity index (χ1n) is 8.53. The maximum absolute atomic E-state index is 12.5. The first-order chi connectivity index (χ1) is 13.5. The lowest BCUT2D eigenvalue weighted by atomic mass is 10.1. The first-order valence-corrected chi connectivity index (χ1v) is 10.3. The molecule has 0 aliphatic heterocycles. The Morgan fingerprint density at radius 3 is 2.64 bits per heavy atom. The molecule has 9 heteroatoms. The van der Waals surface area contributed by atoms with Crippen LogP contribution in [0.4, 0.5) is 5.69 Å². The van der Waals surface area contributed by atoms with E-state index in [4.69, 9.17) is 11.6 Å². The molecule has 1 atom stereocenters. The van der Waals surface area contributed by atoms with Gasteiger partial charge in [-0.3, -0.25) is 19.4 Å². The van der Waals surface area contributed by atoms with Crippen molar-refractivity contribution < 1.29 is 14.4 Å². The number of nitrogens with zero attached hydrogens (tertiary/aromatic N) is 1. The van der Waals surface area contributed by atoms with Crippen molar-refractivity contribution in [2.75, 3.05) is 23.9 Å². The molecule has 0 aliphatic rings. The van der Waals surface area contributed by atoms with Crippen molar-refractivity contribution in [3.8, 4) is 0 Å². The molecule has 7 nitrogen and oxygen atoms in total. The molecule has 0 radical (unpaired) electrons. The zero-order valence-electron chi connectivity index (χ0n) is 15.3. The van der Waals surface area contributed by atoms with E-state index < -0.39 is 17.9 Å². The van der Waals surface area contributed by atoms with Gasteiger partial charge in [0.1, 0.15) is 6.04 Å². The fourth-order valence-corrected chi connectivity index (χ4v) is 3.01. The number of halogens is 1. The lowest BCUT2D eigenvalue weighted by Crippen LogP contribution is -2.48. The first kappa shape index (κ1) is 21.7. The van der Waals surface area contributed by atoms with Crippen molar-refractivity contribution in [1.82, 2.24) is 15.6 Å². The van der Waals surface area contributed by atoms with Crippen LogP contribution in [0.2, 0.25) is 5.02 Å². The number of carbonyl (C=O) groups excluding carboxylic acids is 3. The van der Waals surface area contributed by atoms with Crippen molar-refractivity contribution >= 4 is 46.8 Å². The number of carbonyl (C=O) groups is 3. The highest BCUT2D eigenvalue weighted by molar-refractivity contribution is 7.98. The minimum atomic E-state index is -0.776. The molecule has 0 saturated heterocycles. The molecule has 2 aromatic rings. The van der Waals surface area contributed by atoms with Crippen LogP contribution in [-0.4, -0.2) is 47.3 Å². The fraction of sp³-hybridized carbons (Fsp3) is 0.263. The highest BCUT2D eigenvalue weighted by Crippen LogP contribution is 2.15. The maximum Gasteiger partial charge on any atom is 0.253 e. The van der Waals surface area contributed by atoms with Crippen LogP contribution in [0.1, 0.15) is 16.8 Å². The minimum absolute atomic E-state index is 0.217. The highest BCUT2D eigenvalue weighted by atomic mass is 35.5. The molecule has 0 bridgehead atoms. The highest BCUT2D eigenvalue weighted by Gasteiger charge is 2.22. The number of hydrogen-bond donors (Lipinski definition) is 3. The third kappa shape index (κ3) is 6.86. The van der Waals surface area contributed by atoms with E-state index in [9.17, 15) is 14.4 Å². The Balaban J connectivity index is 1.93.